The maximum atomic E-state index is 13.7. The molecule has 0 radical (unpaired) electrons. The standard InChI is InChI=1S/C26H28N2O2/c1-20-26(19-21-11-5-2-6-12-21,18-17-24(29)22-13-7-3-8-14-22)25(30)28(27-20)23-15-9-4-10-16-23/h2,4-6,9-12,15-18,22H,3,7-8,13-14,19H2,1H3/b18-17-/t26-/m0/s1. The second kappa shape index (κ2) is 8.78. The predicted molar refractivity (Wildman–Crippen MR) is 120 cm³/mol. The van der Waals surface area contributed by atoms with Crippen LogP contribution < -0.4 is 5.01 Å². The van der Waals surface area contributed by atoms with Gasteiger partial charge in [0.2, 0.25) is 0 Å². The number of hydrazone groups is 1. The summed E-state index contributed by atoms with van der Waals surface area (Å²) in [6, 6.07) is 19.4. The van der Waals surface area contributed by atoms with Crippen molar-refractivity contribution >= 4 is 23.1 Å². The van der Waals surface area contributed by atoms with Crippen LogP contribution in [0.25, 0.3) is 0 Å². The van der Waals surface area contributed by atoms with E-state index in [0.29, 0.717) is 12.1 Å². The third-order valence-corrected chi connectivity index (χ3v) is 6.34. The van der Waals surface area contributed by atoms with Crippen LogP contribution in [-0.4, -0.2) is 17.4 Å². The summed E-state index contributed by atoms with van der Waals surface area (Å²) in [5.41, 5.74) is 1.56. The van der Waals surface area contributed by atoms with Crippen molar-refractivity contribution in [3.63, 3.8) is 0 Å². The number of hydrogen-bond donors (Lipinski definition) is 0. The van der Waals surface area contributed by atoms with Gasteiger partial charge in [0.05, 0.1) is 11.4 Å². The van der Waals surface area contributed by atoms with E-state index in [1.54, 1.807) is 6.08 Å². The van der Waals surface area contributed by atoms with Gasteiger partial charge in [-0.2, -0.15) is 10.1 Å². The van der Waals surface area contributed by atoms with Crippen LogP contribution in [0.1, 0.15) is 44.6 Å². The predicted octanol–water partition coefficient (Wildman–Crippen LogP) is 5.34. The van der Waals surface area contributed by atoms with Crippen molar-refractivity contribution < 1.29 is 9.59 Å². The Bertz CT molecular complexity index is 959. The molecule has 2 aromatic rings. The van der Waals surface area contributed by atoms with Gasteiger partial charge in [-0.25, -0.2) is 0 Å². The van der Waals surface area contributed by atoms with Crippen molar-refractivity contribution in [3.8, 4) is 0 Å². The molecule has 0 spiro atoms. The molecule has 2 aromatic carbocycles. The number of para-hydroxylation sites is 1. The average molecular weight is 401 g/mol. The first-order chi connectivity index (χ1) is 14.6. The van der Waals surface area contributed by atoms with Gasteiger partial charge < -0.3 is 0 Å². The first-order valence-electron chi connectivity index (χ1n) is 10.8. The molecule has 30 heavy (non-hydrogen) atoms. The van der Waals surface area contributed by atoms with Crippen LogP contribution >= 0.6 is 0 Å². The Labute approximate surface area is 178 Å². The van der Waals surface area contributed by atoms with Crippen LogP contribution in [0.2, 0.25) is 0 Å². The topological polar surface area (TPSA) is 49.7 Å². The fraction of sp³-hybridized carbons (Fsp3) is 0.346. The summed E-state index contributed by atoms with van der Waals surface area (Å²) in [5.74, 6) is 0.117. The molecular formula is C26H28N2O2. The summed E-state index contributed by atoms with van der Waals surface area (Å²) in [6.45, 7) is 1.89. The van der Waals surface area contributed by atoms with Gasteiger partial charge in [-0.3, -0.25) is 9.59 Å². The van der Waals surface area contributed by atoms with Crippen molar-refractivity contribution in [2.75, 3.05) is 5.01 Å². The highest BCUT2D eigenvalue weighted by Gasteiger charge is 2.48. The summed E-state index contributed by atoms with van der Waals surface area (Å²) in [4.78, 5) is 26.5. The number of nitrogens with zero attached hydrogens (tertiary/aromatic N) is 2. The molecule has 1 atom stereocenters. The second-order valence-electron chi connectivity index (χ2n) is 8.34. The maximum absolute atomic E-state index is 13.7. The van der Waals surface area contributed by atoms with Crippen molar-refractivity contribution in [1.29, 1.82) is 0 Å². The van der Waals surface area contributed by atoms with Gasteiger partial charge >= 0.3 is 0 Å². The molecule has 0 aromatic heterocycles. The van der Waals surface area contributed by atoms with E-state index in [1.807, 2.05) is 73.7 Å². The number of carbonyl (C=O) groups excluding carboxylic acids is 2. The van der Waals surface area contributed by atoms with Crippen molar-refractivity contribution in [3.05, 3.63) is 78.4 Å². The molecule has 2 aliphatic rings. The summed E-state index contributed by atoms with van der Waals surface area (Å²) in [5, 5.41) is 6.10. The lowest BCUT2D eigenvalue weighted by molar-refractivity contribution is -0.122. The van der Waals surface area contributed by atoms with Gasteiger partial charge in [0.15, 0.2) is 5.78 Å². The van der Waals surface area contributed by atoms with Crippen molar-refractivity contribution in [2.24, 2.45) is 16.4 Å². The van der Waals surface area contributed by atoms with Crippen molar-refractivity contribution in [1.82, 2.24) is 0 Å². The Morgan fingerprint density at radius 1 is 1.03 bits per heavy atom. The number of ketones is 1. The van der Waals surface area contributed by atoms with Gasteiger partial charge in [0.1, 0.15) is 5.41 Å². The number of hydrogen-bond acceptors (Lipinski definition) is 3. The van der Waals surface area contributed by atoms with Gasteiger partial charge in [0.25, 0.3) is 5.91 Å². The molecule has 4 rings (SSSR count). The van der Waals surface area contributed by atoms with Gasteiger partial charge in [-0.1, -0.05) is 73.9 Å². The van der Waals surface area contributed by atoms with Crippen LogP contribution in [0.4, 0.5) is 5.69 Å². The lowest BCUT2D eigenvalue weighted by Gasteiger charge is -2.26. The Balaban J connectivity index is 1.67. The zero-order valence-electron chi connectivity index (χ0n) is 17.5. The van der Waals surface area contributed by atoms with E-state index in [-0.39, 0.29) is 17.6 Å². The van der Waals surface area contributed by atoms with E-state index in [4.69, 9.17) is 0 Å². The number of allylic oxidation sites excluding steroid dienone is 1. The van der Waals surface area contributed by atoms with E-state index >= 15 is 0 Å². The molecule has 4 nitrogen and oxygen atoms in total. The molecule has 1 fully saturated rings. The Hall–Kier alpha value is -3.01. The summed E-state index contributed by atoms with van der Waals surface area (Å²) < 4.78 is 0. The summed E-state index contributed by atoms with van der Waals surface area (Å²) in [6.07, 6.45) is 9.30. The molecule has 1 aliphatic heterocycles. The second-order valence-corrected chi connectivity index (χ2v) is 8.34. The van der Waals surface area contributed by atoms with E-state index in [0.717, 1.165) is 36.9 Å². The monoisotopic (exact) mass is 400 g/mol. The first-order valence-corrected chi connectivity index (χ1v) is 10.8. The normalized spacial score (nSPS) is 22.5. The molecule has 1 heterocycles. The van der Waals surface area contributed by atoms with Crippen LogP contribution in [0.15, 0.2) is 77.9 Å². The molecule has 0 N–H and O–H groups in total. The molecule has 1 aliphatic carbocycles. The number of rotatable bonds is 6. The molecule has 4 heteroatoms. The molecule has 1 amide bonds. The zero-order valence-corrected chi connectivity index (χ0v) is 17.5. The van der Waals surface area contributed by atoms with Crippen LogP contribution in [0.5, 0.6) is 0 Å². The Kier molecular flexibility index (Phi) is 5.93. The maximum Gasteiger partial charge on any atom is 0.263 e. The average Bonchev–Trinajstić information content (AvgIpc) is 3.04. The third kappa shape index (κ3) is 4.00. The van der Waals surface area contributed by atoms with Crippen LogP contribution in [-0.2, 0) is 16.0 Å². The highest BCUT2D eigenvalue weighted by atomic mass is 16.2. The molecule has 0 unspecified atom stereocenters. The Morgan fingerprint density at radius 3 is 2.33 bits per heavy atom. The minimum atomic E-state index is -0.943. The number of amides is 1. The number of carbonyl (C=O) groups is 2. The molecule has 0 bridgehead atoms. The molecule has 1 saturated carbocycles. The highest BCUT2D eigenvalue weighted by molar-refractivity contribution is 6.20. The minimum absolute atomic E-state index is 0.0859. The minimum Gasteiger partial charge on any atom is -0.295 e. The zero-order chi connectivity index (χ0) is 21.0. The van der Waals surface area contributed by atoms with E-state index in [9.17, 15) is 9.59 Å². The number of benzene rings is 2. The fourth-order valence-electron chi connectivity index (χ4n) is 4.49. The number of anilines is 1. The largest absolute Gasteiger partial charge is 0.295 e. The quantitative estimate of drug-likeness (QED) is 0.614. The fourth-order valence-corrected chi connectivity index (χ4v) is 4.49. The van der Waals surface area contributed by atoms with E-state index in [2.05, 4.69) is 5.10 Å². The van der Waals surface area contributed by atoms with Crippen LogP contribution in [0.3, 0.4) is 0 Å². The third-order valence-electron chi connectivity index (χ3n) is 6.34. The molecule has 0 saturated heterocycles. The highest BCUT2D eigenvalue weighted by Crippen LogP contribution is 2.37. The SMILES string of the molecule is CC1=NN(c2ccccc2)C(=O)[C@@]1(/C=C\C(=O)C1CCCCC1)Cc1ccccc1. The lowest BCUT2D eigenvalue weighted by atomic mass is 9.76. The van der Waals surface area contributed by atoms with Gasteiger partial charge in [-0.05, 0) is 50.0 Å². The smallest absolute Gasteiger partial charge is 0.263 e. The summed E-state index contributed by atoms with van der Waals surface area (Å²) >= 11 is 0. The summed E-state index contributed by atoms with van der Waals surface area (Å²) in [7, 11) is 0. The molecular weight excluding hydrogens is 372 g/mol. The van der Waals surface area contributed by atoms with Gasteiger partial charge in [-0.15, -0.1) is 0 Å². The lowest BCUT2D eigenvalue weighted by Crippen LogP contribution is -2.39. The van der Waals surface area contributed by atoms with E-state index < -0.39 is 5.41 Å². The van der Waals surface area contributed by atoms with Gasteiger partial charge in [0, 0.05) is 5.92 Å². The Morgan fingerprint density at radius 2 is 1.67 bits per heavy atom. The van der Waals surface area contributed by atoms with E-state index in [1.165, 1.54) is 11.4 Å². The molecule has 154 valence electrons. The van der Waals surface area contributed by atoms with Crippen LogP contribution in [0, 0.1) is 11.3 Å². The van der Waals surface area contributed by atoms with Crippen molar-refractivity contribution in [2.45, 2.75) is 45.4 Å². The first kappa shape index (κ1) is 20.3.